The lowest BCUT2D eigenvalue weighted by atomic mass is 10.1. The van der Waals surface area contributed by atoms with E-state index in [1.807, 2.05) is 4.90 Å². The van der Waals surface area contributed by atoms with Crippen molar-refractivity contribution in [3.63, 3.8) is 0 Å². The average Bonchev–Trinajstić information content (AvgIpc) is 2.30. The zero-order chi connectivity index (χ0) is 12.4. The van der Waals surface area contributed by atoms with E-state index in [0.29, 0.717) is 37.2 Å². The summed E-state index contributed by atoms with van der Waals surface area (Å²) in [5, 5.41) is 18.8. The van der Waals surface area contributed by atoms with Crippen molar-refractivity contribution in [3.05, 3.63) is 29.6 Å². The molecule has 0 aromatic heterocycles. The molecule has 1 aliphatic rings. The highest BCUT2D eigenvalue weighted by Gasteiger charge is 2.19. The minimum atomic E-state index is -0.651. The fraction of sp³-hybridized carbons (Fsp3) is 0.538. The molecule has 1 fully saturated rings. The maximum atomic E-state index is 13.9. The fourth-order valence-electron chi connectivity index (χ4n) is 2.15. The van der Waals surface area contributed by atoms with Gasteiger partial charge in [0.1, 0.15) is 5.82 Å². The van der Waals surface area contributed by atoms with E-state index >= 15 is 0 Å². The van der Waals surface area contributed by atoms with Crippen molar-refractivity contribution in [2.75, 3.05) is 18.0 Å². The molecule has 0 amide bonds. The van der Waals surface area contributed by atoms with Crippen LogP contribution in [0.1, 0.15) is 31.4 Å². The Morgan fingerprint density at radius 3 is 2.53 bits per heavy atom. The number of rotatable bonds is 2. The molecule has 2 rings (SSSR count). The van der Waals surface area contributed by atoms with Gasteiger partial charge in [-0.25, -0.2) is 4.39 Å². The molecule has 1 atom stereocenters. The maximum Gasteiger partial charge on any atom is 0.146 e. The number of halogens is 1. The Hall–Kier alpha value is -1.13. The van der Waals surface area contributed by atoms with Crippen molar-refractivity contribution in [1.82, 2.24) is 0 Å². The molecule has 0 aliphatic carbocycles. The molecule has 4 heteroatoms. The highest BCUT2D eigenvalue weighted by Crippen LogP contribution is 2.26. The van der Waals surface area contributed by atoms with Crippen molar-refractivity contribution in [3.8, 4) is 0 Å². The minimum absolute atomic E-state index is 0.258. The molecule has 1 saturated heterocycles. The van der Waals surface area contributed by atoms with Crippen LogP contribution in [-0.4, -0.2) is 29.4 Å². The third kappa shape index (κ3) is 2.76. The van der Waals surface area contributed by atoms with Gasteiger partial charge in [-0.05, 0) is 37.5 Å². The number of aliphatic hydroxyl groups excluding tert-OH is 2. The predicted octanol–water partition coefficient (Wildman–Crippen LogP) is 1.84. The monoisotopic (exact) mass is 239 g/mol. The third-order valence-corrected chi connectivity index (χ3v) is 3.26. The first kappa shape index (κ1) is 12.3. The van der Waals surface area contributed by atoms with E-state index in [1.54, 1.807) is 19.1 Å². The van der Waals surface area contributed by atoms with Crippen LogP contribution in [0.4, 0.5) is 10.1 Å². The van der Waals surface area contributed by atoms with Crippen LogP contribution in [0.2, 0.25) is 0 Å². The number of aliphatic hydroxyl groups is 2. The van der Waals surface area contributed by atoms with E-state index in [-0.39, 0.29) is 11.9 Å². The van der Waals surface area contributed by atoms with Crippen LogP contribution in [0.3, 0.4) is 0 Å². The van der Waals surface area contributed by atoms with Gasteiger partial charge in [-0.1, -0.05) is 6.07 Å². The van der Waals surface area contributed by atoms with E-state index < -0.39 is 6.10 Å². The summed E-state index contributed by atoms with van der Waals surface area (Å²) in [6.45, 7) is 2.96. The molecule has 0 spiro atoms. The van der Waals surface area contributed by atoms with Gasteiger partial charge in [-0.2, -0.15) is 0 Å². The normalized spacial score (nSPS) is 19.4. The first-order chi connectivity index (χ1) is 8.08. The first-order valence-electron chi connectivity index (χ1n) is 5.98. The summed E-state index contributed by atoms with van der Waals surface area (Å²) >= 11 is 0. The molecule has 1 aromatic rings. The molecule has 0 unspecified atom stereocenters. The van der Waals surface area contributed by atoms with Gasteiger partial charge < -0.3 is 15.1 Å². The Bertz CT molecular complexity index is 387. The zero-order valence-electron chi connectivity index (χ0n) is 9.93. The second-order valence-corrected chi connectivity index (χ2v) is 4.61. The number of hydrogen-bond acceptors (Lipinski definition) is 3. The van der Waals surface area contributed by atoms with Gasteiger partial charge in [0, 0.05) is 13.1 Å². The van der Waals surface area contributed by atoms with Crippen molar-refractivity contribution < 1.29 is 14.6 Å². The first-order valence-corrected chi connectivity index (χ1v) is 5.98. The average molecular weight is 239 g/mol. The quantitative estimate of drug-likeness (QED) is 0.827. The van der Waals surface area contributed by atoms with Gasteiger partial charge in [0.15, 0.2) is 0 Å². The maximum absolute atomic E-state index is 13.9. The van der Waals surface area contributed by atoms with Crippen LogP contribution >= 0.6 is 0 Å². The van der Waals surface area contributed by atoms with E-state index in [9.17, 15) is 14.6 Å². The topological polar surface area (TPSA) is 43.7 Å². The van der Waals surface area contributed by atoms with Crippen LogP contribution in [0.25, 0.3) is 0 Å². The van der Waals surface area contributed by atoms with Crippen molar-refractivity contribution in [2.24, 2.45) is 0 Å². The number of piperidine rings is 1. The Balaban J connectivity index is 2.16. The molecule has 1 aromatic carbocycles. The fourth-order valence-corrected chi connectivity index (χ4v) is 2.15. The summed E-state index contributed by atoms with van der Waals surface area (Å²) in [6.07, 6.45) is 0.447. The Labute approximate surface area is 100 Å². The summed E-state index contributed by atoms with van der Waals surface area (Å²) < 4.78 is 13.9. The molecule has 0 radical (unpaired) electrons. The number of nitrogens with zero attached hydrogens (tertiary/aromatic N) is 1. The van der Waals surface area contributed by atoms with Crippen molar-refractivity contribution in [2.45, 2.75) is 32.0 Å². The SMILES string of the molecule is C[C@@H](O)c1ccc(N2CCC(O)CC2)c(F)c1. The van der Waals surface area contributed by atoms with Crippen LogP contribution in [0.5, 0.6) is 0 Å². The van der Waals surface area contributed by atoms with E-state index in [1.165, 1.54) is 6.07 Å². The highest BCUT2D eigenvalue weighted by molar-refractivity contribution is 5.49. The van der Waals surface area contributed by atoms with E-state index in [0.717, 1.165) is 0 Å². The Kier molecular flexibility index (Phi) is 3.64. The van der Waals surface area contributed by atoms with Crippen LogP contribution < -0.4 is 4.90 Å². The third-order valence-electron chi connectivity index (χ3n) is 3.26. The second-order valence-electron chi connectivity index (χ2n) is 4.61. The van der Waals surface area contributed by atoms with Crippen molar-refractivity contribution >= 4 is 5.69 Å². The molecule has 1 heterocycles. The van der Waals surface area contributed by atoms with Gasteiger partial charge in [0.05, 0.1) is 17.9 Å². The highest BCUT2D eigenvalue weighted by atomic mass is 19.1. The second kappa shape index (κ2) is 5.02. The molecule has 1 aliphatic heterocycles. The van der Waals surface area contributed by atoms with Gasteiger partial charge in [0.25, 0.3) is 0 Å². The van der Waals surface area contributed by atoms with Gasteiger partial charge in [0.2, 0.25) is 0 Å². The molecule has 0 saturated carbocycles. The molecular formula is C13H18FNO2. The van der Waals surface area contributed by atoms with Gasteiger partial charge >= 0.3 is 0 Å². The molecule has 2 N–H and O–H groups in total. The molecule has 0 bridgehead atoms. The number of anilines is 1. The number of benzene rings is 1. The van der Waals surface area contributed by atoms with Crippen LogP contribution in [-0.2, 0) is 0 Å². The standard InChI is InChI=1S/C13H18FNO2/c1-9(16)10-2-3-13(12(14)8-10)15-6-4-11(17)5-7-15/h2-3,8-9,11,16-17H,4-7H2,1H3/t9-/m1/s1. The number of hydrogen-bond donors (Lipinski definition) is 2. The Morgan fingerprint density at radius 1 is 1.35 bits per heavy atom. The molecule has 94 valence electrons. The summed E-state index contributed by atoms with van der Waals surface area (Å²) in [6, 6.07) is 4.83. The largest absolute Gasteiger partial charge is 0.393 e. The lowest BCUT2D eigenvalue weighted by Gasteiger charge is -2.31. The predicted molar refractivity (Wildman–Crippen MR) is 64.5 cm³/mol. The van der Waals surface area contributed by atoms with E-state index in [2.05, 4.69) is 0 Å². The lowest BCUT2D eigenvalue weighted by molar-refractivity contribution is 0.145. The zero-order valence-corrected chi connectivity index (χ0v) is 9.93. The molecule has 17 heavy (non-hydrogen) atoms. The van der Waals surface area contributed by atoms with Gasteiger partial charge in [-0.15, -0.1) is 0 Å². The summed E-state index contributed by atoms with van der Waals surface area (Å²) in [4.78, 5) is 1.94. The summed E-state index contributed by atoms with van der Waals surface area (Å²) in [5.41, 5.74) is 1.14. The molecule has 3 nitrogen and oxygen atoms in total. The van der Waals surface area contributed by atoms with Crippen LogP contribution in [0, 0.1) is 5.82 Å². The molecular weight excluding hydrogens is 221 g/mol. The van der Waals surface area contributed by atoms with Crippen LogP contribution in [0.15, 0.2) is 18.2 Å². The lowest BCUT2D eigenvalue weighted by Crippen LogP contribution is -2.36. The Morgan fingerprint density at radius 2 is 2.00 bits per heavy atom. The smallest absolute Gasteiger partial charge is 0.146 e. The minimum Gasteiger partial charge on any atom is -0.393 e. The van der Waals surface area contributed by atoms with Gasteiger partial charge in [-0.3, -0.25) is 0 Å². The summed E-state index contributed by atoms with van der Waals surface area (Å²) in [5.74, 6) is -0.306. The van der Waals surface area contributed by atoms with E-state index in [4.69, 9.17) is 0 Å². The summed E-state index contributed by atoms with van der Waals surface area (Å²) in [7, 11) is 0. The van der Waals surface area contributed by atoms with Crippen molar-refractivity contribution in [1.29, 1.82) is 0 Å².